The Morgan fingerprint density at radius 1 is 1.08 bits per heavy atom. The summed E-state index contributed by atoms with van der Waals surface area (Å²) in [4.78, 5) is 3.65. The molecular formula is C9H25N3Si. The smallest absolute Gasteiger partial charge is 0.283 e. The van der Waals surface area contributed by atoms with Crippen LogP contribution in [0, 0.1) is 0 Å². The van der Waals surface area contributed by atoms with Crippen molar-refractivity contribution < 1.29 is 0 Å². The van der Waals surface area contributed by atoms with Gasteiger partial charge in [0.05, 0.1) is 0 Å². The van der Waals surface area contributed by atoms with E-state index < -0.39 is 8.56 Å². The van der Waals surface area contributed by atoms with Gasteiger partial charge in [-0.15, -0.1) is 0 Å². The van der Waals surface area contributed by atoms with Crippen LogP contribution in [0.15, 0.2) is 0 Å². The number of hydrogen-bond donors (Lipinski definition) is 1. The molecule has 0 heterocycles. The van der Waals surface area contributed by atoms with E-state index >= 15 is 0 Å². The molecule has 4 heteroatoms. The maximum absolute atomic E-state index is 3.65. The summed E-state index contributed by atoms with van der Waals surface area (Å²) in [5.74, 6) is 0. The molecule has 0 aromatic rings. The lowest BCUT2D eigenvalue weighted by Crippen LogP contribution is -2.70. The van der Waals surface area contributed by atoms with E-state index in [9.17, 15) is 0 Å². The van der Waals surface area contributed by atoms with Crippen molar-refractivity contribution in [2.75, 3.05) is 33.7 Å². The fraction of sp³-hybridized carbons (Fsp3) is 1.00. The van der Waals surface area contributed by atoms with Gasteiger partial charge < -0.3 is 14.1 Å². The zero-order chi connectivity index (χ0) is 10.5. The highest BCUT2D eigenvalue weighted by Gasteiger charge is 2.35. The summed E-state index contributed by atoms with van der Waals surface area (Å²) in [6.07, 6.45) is 0. The molecule has 0 spiro atoms. The second-order valence-corrected chi connectivity index (χ2v) is 7.54. The maximum atomic E-state index is 3.65. The van der Waals surface area contributed by atoms with Gasteiger partial charge in [-0.1, -0.05) is 20.8 Å². The van der Waals surface area contributed by atoms with Crippen molar-refractivity contribution in [1.29, 1.82) is 0 Å². The average Bonchev–Trinajstić information content (AvgIpc) is 2.06. The summed E-state index contributed by atoms with van der Waals surface area (Å²) in [5, 5.41) is 0. The van der Waals surface area contributed by atoms with E-state index in [2.05, 4.69) is 55.5 Å². The van der Waals surface area contributed by atoms with E-state index in [-0.39, 0.29) is 0 Å². The van der Waals surface area contributed by atoms with Crippen LogP contribution in [0.1, 0.15) is 20.8 Å². The lowest BCUT2D eigenvalue weighted by Gasteiger charge is -2.42. The lowest BCUT2D eigenvalue weighted by atomic mass is 10.7. The normalized spacial score (nSPS) is 16.6. The van der Waals surface area contributed by atoms with Crippen molar-refractivity contribution in [3.05, 3.63) is 0 Å². The number of hydrogen-bond acceptors (Lipinski definition) is 3. The summed E-state index contributed by atoms with van der Waals surface area (Å²) in [7, 11) is 2.81. The van der Waals surface area contributed by atoms with Gasteiger partial charge in [0, 0.05) is 0 Å². The quantitative estimate of drug-likeness (QED) is 0.652. The van der Waals surface area contributed by atoms with E-state index in [1.165, 1.54) is 0 Å². The fourth-order valence-electron chi connectivity index (χ4n) is 1.73. The second-order valence-electron chi connectivity index (χ2n) is 3.62. The molecule has 0 bridgehead atoms. The van der Waals surface area contributed by atoms with Crippen LogP contribution < -0.4 is 4.98 Å². The van der Waals surface area contributed by atoms with Crippen molar-refractivity contribution in [3.63, 3.8) is 0 Å². The van der Waals surface area contributed by atoms with E-state index in [1.807, 2.05) is 0 Å². The molecule has 0 saturated heterocycles. The van der Waals surface area contributed by atoms with Gasteiger partial charge in [0.25, 0.3) is 8.56 Å². The molecule has 0 fully saturated rings. The largest absolute Gasteiger partial charge is 0.313 e. The predicted molar refractivity (Wildman–Crippen MR) is 61.9 cm³/mol. The topological polar surface area (TPSA) is 18.5 Å². The Morgan fingerprint density at radius 2 is 1.54 bits per heavy atom. The third kappa shape index (κ3) is 3.05. The molecule has 0 aliphatic carbocycles. The van der Waals surface area contributed by atoms with Gasteiger partial charge in [-0.3, -0.25) is 0 Å². The van der Waals surface area contributed by atoms with Crippen LogP contribution in [0.25, 0.3) is 0 Å². The van der Waals surface area contributed by atoms with E-state index in [0.717, 1.165) is 19.6 Å². The molecule has 0 radical (unpaired) electrons. The summed E-state index contributed by atoms with van der Waals surface area (Å²) in [5.41, 5.74) is 0. The second kappa shape index (κ2) is 5.75. The summed E-state index contributed by atoms with van der Waals surface area (Å²) in [6.45, 7) is 12.3. The summed E-state index contributed by atoms with van der Waals surface area (Å²) in [6, 6.07) is 0. The fourth-order valence-corrected chi connectivity index (χ4v) is 4.73. The van der Waals surface area contributed by atoms with Crippen LogP contribution in [0.3, 0.4) is 0 Å². The highest BCUT2D eigenvalue weighted by Crippen LogP contribution is 2.08. The zero-order valence-electron chi connectivity index (χ0n) is 10.0. The van der Waals surface area contributed by atoms with Gasteiger partial charge in [-0.05, 0) is 40.3 Å². The molecular weight excluding hydrogens is 178 g/mol. The first-order valence-corrected chi connectivity index (χ1v) is 7.59. The Kier molecular flexibility index (Phi) is 5.79. The Morgan fingerprint density at radius 3 is 1.77 bits per heavy atom. The van der Waals surface area contributed by atoms with Gasteiger partial charge in [0.1, 0.15) is 0 Å². The SMILES string of the molecule is CCN[Si](C)(N(C)C)N(CC)CC. The molecule has 1 unspecified atom stereocenters. The number of rotatable bonds is 6. The van der Waals surface area contributed by atoms with Crippen LogP contribution in [0.4, 0.5) is 0 Å². The van der Waals surface area contributed by atoms with Crippen LogP contribution in [0.5, 0.6) is 0 Å². The summed E-state index contributed by atoms with van der Waals surface area (Å²) >= 11 is 0. The Bertz CT molecular complexity index is 137. The molecule has 0 aromatic carbocycles. The minimum Gasteiger partial charge on any atom is -0.313 e. The Labute approximate surface area is 84.3 Å². The monoisotopic (exact) mass is 203 g/mol. The van der Waals surface area contributed by atoms with Crippen molar-refractivity contribution in [1.82, 2.24) is 14.1 Å². The minimum atomic E-state index is -1.54. The average molecular weight is 203 g/mol. The van der Waals surface area contributed by atoms with E-state index in [4.69, 9.17) is 0 Å². The Hall–Kier alpha value is 0.0969. The van der Waals surface area contributed by atoms with Gasteiger partial charge in [0.15, 0.2) is 0 Å². The van der Waals surface area contributed by atoms with Crippen molar-refractivity contribution in [3.8, 4) is 0 Å². The van der Waals surface area contributed by atoms with Gasteiger partial charge in [-0.2, -0.15) is 0 Å². The number of nitrogens with zero attached hydrogens (tertiary/aromatic N) is 2. The van der Waals surface area contributed by atoms with E-state index in [1.54, 1.807) is 0 Å². The van der Waals surface area contributed by atoms with Crippen LogP contribution in [-0.4, -0.2) is 51.4 Å². The first kappa shape index (κ1) is 13.1. The molecule has 3 nitrogen and oxygen atoms in total. The van der Waals surface area contributed by atoms with Crippen LogP contribution >= 0.6 is 0 Å². The third-order valence-electron chi connectivity index (χ3n) is 2.76. The molecule has 0 aliphatic heterocycles. The molecule has 1 N–H and O–H groups in total. The molecule has 0 amide bonds. The van der Waals surface area contributed by atoms with E-state index in [0.29, 0.717) is 0 Å². The first-order chi connectivity index (χ1) is 6.02. The highest BCUT2D eigenvalue weighted by atomic mass is 28.4. The van der Waals surface area contributed by atoms with Gasteiger partial charge >= 0.3 is 0 Å². The van der Waals surface area contributed by atoms with Crippen molar-refractivity contribution in [2.45, 2.75) is 27.3 Å². The first-order valence-electron chi connectivity index (χ1n) is 5.20. The summed E-state index contributed by atoms with van der Waals surface area (Å²) < 4.78 is 4.92. The van der Waals surface area contributed by atoms with Gasteiger partial charge in [0.2, 0.25) is 0 Å². The lowest BCUT2D eigenvalue weighted by molar-refractivity contribution is 0.386. The van der Waals surface area contributed by atoms with Crippen molar-refractivity contribution in [2.24, 2.45) is 0 Å². The molecule has 0 saturated carbocycles. The minimum absolute atomic E-state index is 1.05. The molecule has 80 valence electrons. The molecule has 13 heavy (non-hydrogen) atoms. The third-order valence-corrected chi connectivity index (χ3v) is 7.39. The Balaban J connectivity index is 4.53. The highest BCUT2D eigenvalue weighted by molar-refractivity contribution is 6.70. The maximum Gasteiger partial charge on any atom is 0.283 e. The molecule has 0 aliphatic rings. The molecule has 0 aromatic heterocycles. The van der Waals surface area contributed by atoms with Crippen LogP contribution in [-0.2, 0) is 0 Å². The zero-order valence-corrected chi connectivity index (χ0v) is 11.0. The van der Waals surface area contributed by atoms with Crippen molar-refractivity contribution >= 4 is 8.56 Å². The standard InChI is InChI=1S/C9H25N3Si/c1-7-10-13(6,11(4)5)12(8-2)9-3/h10H,7-9H2,1-6H3. The van der Waals surface area contributed by atoms with Crippen LogP contribution in [0.2, 0.25) is 6.55 Å². The number of nitrogens with one attached hydrogen (secondary N) is 1. The molecule has 0 rings (SSSR count). The van der Waals surface area contributed by atoms with Gasteiger partial charge in [-0.25, -0.2) is 0 Å². The predicted octanol–water partition coefficient (Wildman–Crippen LogP) is 1.07. The molecule has 1 atom stereocenters.